The molecule has 0 bridgehead atoms. The first kappa shape index (κ1) is 11.5. The van der Waals surface area contributed by atoms with Gasteiger partial charge in [0.25, 0.3) is 0 Å². The molecular formula is C5H15ClN2O2S. The Morgan fingerprint density at radius 1 is 1.27 bits per heavy atom. The lowest BCUT2D eigenvalue weighted by atomic mass is 10.2. The van der Waals surface area contributed by atoms with E-state index in [0.29, 0.717) is 11.5 Å². The van der Waals surface area contributed by atoms with Gasteiger partial charge in [-0.15, -0.1) is 12.4 Å². The zero-order chi connectivity index (χ0) is 7.61. The van der Waals surface area contributed by atoms with Crippen LogP contribution in [0, 0.1) is 0 Å². The highest BCUT2D eigenvalue weighted by Crippen LogP contribution is 2.43. The minimum Gasteiger partial charge on any atom is -0.299 e. The zero-order valence-electron chi connectivity index (χ0n) is 6.19. The third-order valence-electron chi connectivity index (χ3n) is 1.82. The molecule has 1 aliphatic rings. The molecule has 1 rings (SSSR count). The Hall–Kier alpha value is 0.480. The van der Waals surface area contributed by atoms with Gasteiger partial charge in [-0.1, -0.05) is 0 Å². The van der Waals surface area contributed by atoms with Gasteiger partial charge in [0.2, 0.25) is 0 Å². The van der Waals surface area contributed by atoms with Crippen molar-refractivity contribution in [2.75, 3.05) is 11.5 Å². The molecule has 4 nitrogen and oxygen atoms in total. The van der Waals surface area contributed by atoms with Crippen molar-refractivity contribution in [3.05, 3.63) is 0 Å². The first-order chi connectivity index (χ1) is 4.64. The van der Waals surface area contributed by atoms with Crippen molar-refractivity contribution >= 4 is 23.0 Å². The van der Waals surface area contributed by atoms with Gasteiger partial charge in [0.1, 0.15) is 0 Å². The van der Waals surface area contributed by atoms with Gasteiger partial charge in [0, 0.05) is 17.5 Å². The van der Waals surface area contributed by atoms with Crippen molar-refractivity contribution in [2.45, 2.75) is 18.9 Å². The minimum absolute atomic E-state index is 0. The van der Waals surface area contributed by atoms with Crippen LogP contribution in [0.5, 0.6) is 0 Å². The van der Waals surface area contributed by atoms with Crippen molar-refractivity contribution < 1.29 is 9.11 Å². The summed E-state index contributed by atoms with van der Waals surface area (Å²) >= 11 is 0. The summed E-state index contributed by atoms with van der Waals surface area (Å²) in [7, 11) is -2.22. The molecule has 1 heterocycles. The molecule has 0 unspecified atom stereocenters. The lowest BCUT2D eigenvalue weighted by molar-refractivity contribution is 0.427. The van der Waals surface area contributed by atoms with Gasteiger partial charge < -0.3 is 0 Å². The molecule has 1 fully saturated rings. The molecule has 0 atom stereocenters. The zero-order valence-corrected chi connectivity index (χ0v) is 7.83. The maximum absolute atomic E-state index is 9.16. The van der Waals surface area contributed by atoms with Gasteiger partial charge in [-0.3, -0.25) is 20.4 Å². The molecular weight excluding hydrogens is 188 g/mol. The second kappa shape index (κ2) is 4.49. The average Bonchev–Trinajstić information content (AvgIpc) is 1.88. The maximum atomic E-state index is 9.16. The van der Waals surface area contributed by atoms with Gasteiger partial charge in [-0.2, -0.15) is 10.6 Å². The highest BCUT2D eigenvalue weighted by Gasteiger charge is 2.22. The van der Waals surface area contributed by atoms with E-state index < -0.39 is 10.6 Å². The molecule has 0 aromatic rings. The van der Waals surface area contributed by atoms with E-state index in [0.717, 1.165) is 12.8 Å². The molecule has 70 valence electrons. The van der Waals surface area contributed by atoms with Gasteiger partial charge in [0.05, 0.1) is 0 Å². The summed E-state index contributed by atoms with van der Waals surface area (Å²) in [5, 5.41) is 0. The average molecular weight is 203 g/mol. The second-order valence-electron chi connectivity index (χ2n) is 2.65. The molecule has 1 aliphatic heterocycles. The summed E-state index contributed by atoms with van der Waals surface area (Å²) in [5.41, 5.74) is 2.63. The smallest absolute Gasteiger partial charge is 0.0389 e. The van der Waals surface area contributed by atoms with Crippen molar-refractivity contribution in [3.63, 3.8) is 0 Å². The fourth-order valence-electron chi connectivity index (χ4n) is 1.08. The number of hydrazine groups is 1. The van der Waals surface area contributed by atoms with Crippen LogP contribution < -0.4 is 11.3 Å². The first-order valence-corrected chi connectivity index (χ1v) is 5.22. The summed E-state index contributed by atoms with van der Waals surface area (Å²) in [6.45, 7) is 0. The van der Waals surface area contributed by atoms with Crippen LogP contribution in [-0.2, 0) is 0 Å². The van der Waals surface area contributed by atoms with Crippen LogP contribution >= 0.6 is 23.0 Å². The Morgan fingerprint density at radius 2 is 1.73 bits per heavy atom. The second-order valence-corrected chi connectivity index (χ2v) is 5.07. The van der Waals surface area contributed by atoms with Crippen molar-refractivity contribution in [3.8, 4) is 0 Å². The normalized spacial score (nSPS) is 27.2. The summed E-state index contributed by atoms with van der Waals surface area (Å²) in [5.74, 6) is 6.19. The predicted molar refractivity (Wildman–Crippen MR) is 50.2 cm³/mol. The van der Waals surface area contributed by atoms with E-state index >= 15 is 0 Å². The SMILES string of the molecule is Cl.NNC1CCS(O)(O)CC1. The molecule has 6 heteroatoms. The van der Waals surface area contributed by atoms with Crippen LogP contribution in [0.2, 0.25) is 0 Å². The molecule has 5 N–H and O–H groups in total. The first-order valence-electron chi connectivity index (χ1n) is 3.34. The standard InChI is InChI=1S/C5H14N2O2S.ClH/c6-7-5-1-3-10(8,9)4-2-5;/h5,7-9H,1-4,6H2;1H. The molecule has 0 aromatic heterocycles. The molecule has 0 amide bonds. The number of nitrogens with one attached hydrogen (secondary N) is 1. The fraction of sp³-hybridized carbons (Fsp3) is 1.00. The van der Waals surface area contributed by atoms with Gasteiger partial charge >= 0.3 is 0 Å². The van der Waals surface area contributed by atoms with Crippen LogP contribution in [0.3, 0.4) is 0 Å². The van der Waals surface area contributed by atoms with Crippen molar-refractivity contribution in [1.82, 2.24) is 5.43 Å². The number of hydrogen-bond acceptors (Lipinski definition) is 4. The Morgan fingerprint density at radius 3 is 2.09 bits per heavy atom. The van der Waals surface area contributed by atoms with E-state index in [1.807, 2.05) is 0 Å². The highest BCUT2D eigenvalue weighted by atomic mass is 35.5. The van der Waals surface area contributed by atoms with E-state index in [9.17, 15) is 0 Å². The van der Waals surface area contributed by atoms with Crippen LogP contribution in [0.15, 0.2) is 0 Å². The Balaban J connectivity index is 0.000001000. The molecule has 1 saturated heterocycles. The van der Waals surface area contributed by atoms with Crippen LogP contribution in [0.1, 0.15) is 12.8 Å². The minimum atomic E-state index is -2.22. The summed E-state index contributed by atoms with van der Waals surface area (Å²) in [6, 6.07) is 0.278. The topological polar surface area (TPSA) is 78.5 Å². The van der Waals surface area contributed by atoms with Crippen molar-refractivity contribution in [2.24, 2.45) is 5.84 Å². The van der Waals surface area contributed by atoms with Crippen LogP contribution in [-0.4, -0.2) is 26.7 Å². The van der Waals surface area contributed by atoms with E-state index in [1.54, 1.807) is 0 Å². The van der Waals surface area contributed by atoms with Gasteiger partial charge in [-0.05, 0) is 12.8 Å². The van der Waals surface area contributed by atoms with Crippen molar-refractivity contribution in [1.29, 1.82) is 0 Å². The van der Waals surface area contributed by atoms with E-state index in [-0.39, 0.29) is 18.4 Å². The Kier molecular flexibility index (Phi) is 4.69. The largest absolute Gasteiger partial charge is 0.299 e. The third kappa shape index (κ3) is 3.59. The molecule has 0 aliphatic carbocycles. The lowest BCUT2D eigenvalue weighted by Crippen LogP contribution is -2.40. The Labute approximate surface area is 74.3 Å². The summed E-state index contributed by atoms with van der Waals surface area (Å²) in [6.07, 6.45) is 1.55. The van der Waals surface area contributed by atoms with Crippen LogP contribution in [0.25, 0.3) is 0 Å². The number of rotatable bonds is 1. The van der Waals surface area contributed by atoms with Gasteiger partial charge in [-0.25, -0.2) is 0 Å². The van der Waals surface area contributed by atoms with Crippen LogP contribution in [0.4, 0.5) is 0 Å². The third-order valence-corrected chi connectivity index (χ3v) is 3.60. The lowest BCUT2D eigenvalue weighted by Gasteiger charge is -2.38. The number of hydrogen-bond donors (Lipinski definition) is 4. The maximum Gasteiger partial charge on any atom is 0.0389 e. The highest BCUT2D eigenvalue weighted by molar-refractivity contribution is 8.24. The molecule has 0 radical (unpaired) electrons. The fourth-order valence-corrected chi connectivity index (χ4v) is 2.60. The quantitative estimate of drug-likeness (QED) is 0.375. The number of halogens is 1. The van der Waals surface area contributed by atoms with Gasteiger partial charge in [0.15, 0.2) is 0 Å². The molecule has 0 spiro atoms. The molecule has 0 aromatic carbocycles. The Bertz CT molecular complexity index is 115. The summed E-state index contributed by atoms with van der Waals surface area (Å²) < 4.78 is 18.3. The molecule has 11 heavy (non-hydrogen) atoms. The summed E-state index contributed by atoms with van der Waals surface area (Å²) in [4.78, 5) is 0. The predicted octanol–water partition coefficient (Wildman–Crippen LogP) is 0.784. The van der Waals surface area contributed by atoms with E-state index in [2.05, 4.69) is 5.43 Å². The monoisotopic (exact) mass is 202 g/mol. The molecule has 0 saturated carbocycles. The van der Waals surface area contributed by atoms with E-state index in [4.69, 9.17) is 14.9 Å². The number of nitrogens with two attached hydrogens (primary N) is 1. The van der Waals surface area contributed by atoms with E-state index in [1.165, 1.54) is 0 Å².